The molecule has 2 saturated heterocycles. The lowest BCUT2D eigenvalue weighted by Crippen LogP contribution is -2.53. The predicted octanol–water partition coefficient (Wildman–Crippen LogP) is 7.13. The number of rotatable bonds is 4. The van der Waals surface area contributed by atoms with Crippen LogP contribution in [-0.4, -0.2) is 46.6 Å². The van der Waals surface area contributed by atoms with Crippen molar-refractivity contribution in [1.29, 1.82) is 0 Å². The van der Waals surface area contributed by atoms with Crippen molar-refractivity contribution in [2.24, 2.45) is 0 Å². The van der Waals surface area contributed by atoms with E-state index in [1.54, 1.807) is 11.3 Å². The number of nitrogens with zero attached hydrogens (tertiary/aromatic N) is 2. The molecule has 2 aromatic carbocycles. The minimum Gasteiger partial charge on any atom is -0.454 e. The lowest BCUT2D eigenvalue weighted by Gasteiger charge is -2.44. The average molecular weight is 654 g/mol. The summed E-state index contributed by atoms with van der Waals surface area (Å²) in [4.78, 5) is 10.7. The molecule has 0 saturated carbocycles. The standard InChI is InChI=1S/C38H36B2N2O5S/c1-35(2)36(3,4)45-39(44-35)27-11-13-29(41-21-27)32-16-24-15-25-19-37(5)38(6,20-26(25)17-31(24)43-32)47-40(46-37)28-12-14-30(42-22-28)34-18-23-9-7-8-10-33(23)48-34/h7-18,21-22H,19-20H2,1-6H3. The number of fused-ring (bicyclic) bond motifs is 4. The van der Waals surface area contributed by atoms with Gasteiger partial charge in [0.1, 0.15) is 11.3 Å². The van der Waals surface area contributed by atoms with Crippen LogP contribution < -0.4 is 10.9 Å². The highest BCUT2D eigenvalue weighted by Gasteiger charge is 2.59. The third-order valence-electron chi connectivity index (χ3n) is 11.0. The molecule has 2 unspecified atom stereocenters. The highest BCUT2D eigenvalue weighted by molar-refractivity contribution is 7.22. The molecular weight excluding hydrogens is 618 g/mol. The van der Waals surface area contributed by atoms with E-state index < -0.39 is 36.6 Å². The van der Waals surface area contributed by atoms with Gasteiger partial charge in [0.05, 0.1) is 33.0 Å². The van der Waals surface area contributed by atoms with E-state index in [1.807, 2.05) is 24.5 Å². The normalized spacial score (nSPS) is 24.4. The number of hydrogen-bond donors (Lipinski definition) is 0. The van der Waals surface area contributed by atoms with Crippen molar-refractivity contribution in [2.75, 3.05) is 0 Å². The molecule has 2 fully saturated rings. The van der Waals surface area contributed by atoms with Crippen LogP contribution in [0.1, 0.15) is 52.7 Å². The van der Waals surface area contributed by atoms with Crippen LogP contribution in [0.3, 0.4) is 0 Å². The molecule has 0 N–H and O–H groups in total. The maximum absolute atomic E-state index is 6.74. The van der Waals surface area contributed by atoms with E-state index in [4.69, 9.17) is 33.0 Å². The molecule has 7 nitrogen and oxygen atoms in total. The molecule has 0 amide bonds. The Kier molecular flexibility index (Phi) is 6.53. The summed E-state index contributed by atoms with van der Waals surface area (Å²) >= 11 is 1.76. The van der Waals surface area contributed by atoms with Gasteiger partial charge < -0.3 is 23.0 Å². The molecular formula is C38H36B2N2O5S. The highest BCUT2D eigenvalue weighted by Crippen LogP contribution is 2.47. The zero-order chi connectivity index (χ0) is 33.1. The fraction of sp³-hybridized carbons (Fsp3) is 0.316. The first-order chi connectivity index (χ1) is 22.9. The van der Waals surface area contributed by atoms with E-state index >= 15 is 0 Å². The fourth-order valence-corrected chi connectivity index (χ4v) is 8.21. The Balaban J connectivity index is 0.937. The van der Waals surface area contributed by atoms with Gasteiger partial charge in [-0.2, -0.15) is 0 Å². The van der Waals surface area contributed by atoms with Crippen LogP contribution in [-0.2, 0) is 31.5 Å². The molecule has 0 radical (unpaired) electrons. The van der Waals surface area contributed by atoms with Crippen LogP contribution in [0, 0.1) is 0 Å². The quantitative estimate of drug-likeness (QED) is 0.187. The summed E-state index contributed by atoms with van der Waals surface area (Å²) in [6.45, 7) is 12.5. The second kappa shape index (κ2) is 10.4. The van der Waals surface area contributed by atoms with Crippen molar-refractivity contribution in [2.45, 2.75) is 76.8 Å². The molecule has 9 rings (SSSR count). The Bertz CT molecular complexity index is 2110. The van der Waals surface area contributed by atoms with E-state index in [1.165, 1.54) is 21.2 Å². The van der Waals surface area contributed by atoms with Gasteiger partial charge in [0, 0.05) is 46.2 Å². The zero-order valence-electron chi connectivity index (χ0n) is 28.0. The molecule has 0 bridgehead atoms. The number of thiophene rings is 1. The van der Waals surface area contributed by atoms with Gasteiger partial charge in [-0.25, -0.2) is 0 Å². The smallest absolute Gasteiger partial charge is 0.454 e. The van der Waals surface area contributed by atoms with Gasteiger partial charge in [0.2, 0.25) is 0 Å². The molecule has 2 atom stereocenters. The third kappa shape index (κ3) is 4.72. The summed E-state index contributed by atoms with van der Waals surface area (Å²) in [6, 6.07) is 25.2. The van der Waals surface area contributed by atoms with E-state index in [0.29, 0.717) is 0 Å². The predicted molar refractivity (Wildman–Crippen MR) is 192 cm³/mol. The summed E-state index contributed by atoms with van der Waals surface area (Å²) in [5, 5.41) is 2.28. The van der Waals surface area contributed by atoms with Gasteiger partial charge in [-0.05, 0) is 101 Å². The van der Waals surface area contributed by atoms with Crippen molar-refractivity contribution >= 4 is 57.6 Å². The Morgan fingerprint density at radius 1 is 0.625 bits per heavy atom. The van der Waals surface area contributed by atoms with Crippen molar-refractivity contribution < 1.29 is 23.0 Å². The average Bonchev–Trinajstić information content (AvgIpc) is 3.79. The SMILES string of the molecule is CC1(C)OB(c2ccc(-c3cc4cc5c(cc4o3)CC3(C)OB(c4ccc(-c6cc7ccccc7s6)nc4)OC3(C)C5)nc2)OC1(C)C. The molecule has 1 aliphatic carbocycles. The van der Waals surface area contributed by atoms with Gasteiger partial charge in [0.15, 0.2) is 5.76 Å². The van der Waals surface area contributed by atoms with Crippen LogP contribution in [0.25, 0.3) is 43.1 Å². The van der Waals surface area contributed by atoms with E-state index in [-0.39, 0.29) is 0 Å². The number of hydrogen-bond acceptors (Lipinski definition) is 8. The van der Waals surface area contributed by atoms with Crippen LogP contribution in [0.15, 0.2) is 89.6 Å². The highest BCUT2D eigenvalue weighted by atomic mass is 32.1. The van der Waals surface area contributed by atoms with Crippen LogP contribution in [0.4, 0.5) is 0 Å². The second-order valence-electron chi connectivity index (χ2n) is 14.8. The summed E-state index contributed by atoms with van der Waals surface area (Å²) < 4.78 is 33.5. The number of aromatic nitrogens is 2. The van der Waals surface area contributed by atoms with Crippen molar-refractivity contribution in [1.82, 2.24) is 9.97 Å². The molecule has 48 heavy (non-hydrogen) atoms. The molecule has 0 spiro atoms. The Labute approximate surface area is 284 Å². The minimum atomic E-state index is -0.511. The van der Waals surface area contributed by atoms with E-state index in [2.05, 4.69) is 102 Å². The summed E-state index contributed by atoms with van der Waals surface area (Å²) in [6.07, 6.45) is 5.17. The first kappa shape index (κ1) is 30.3. The van der Waals surface area contributed by atoms with E-state index in [9.17, 15) is 0 Å². The summed E-state index contributed by atoms with van der Waals surface area (Å²) in [5.74, 6) is 0.726. The molecule has 10 heteroatoms. The molecule has 6 aromatic rings. The largest absolute Gasteiger partial charge is 0.496 e. The van der Waals surface area contributed by atoms with Crippen molar-refractivity contribution in [3.63, 3.8) is 0 Å². The number of benzene rings is 2. The van der Waals surface area contributed by atoms with Gasteiger partial charge in [-0.1, -0.05) is 30.3 Å². The Morgan fingerprint density at radius 3 is 1.85 bits per heavy atom. The Morgan fingerprint density at radius 2 is 1.23 bits per heavy atom. The van der Waals surface area contributed by atoms with Gasteiger partial charge in [-0.15, -0.1) is 11.3 Å². The second-order valence-corrected chi connectivity index (χ2v) is 15.9. The molecule has 4 aromatic heterocycles. The van der Waals surface area contributed by atoms with E-state index in [0.717, 1.165) is 56.8 Å². The van der Waals surface area contributed by atoms with Gasteiger partial charge in [-0.3, -0.25) is 9.97 Å². The number of pyridine rings is 2. The number of furan rings is 1. The van der Waals surface area contributed by atoms with Gasteiger partial charge in [0.25, 0.3) is 0 Å². The van der Waals surface area contributed by atoms with Gasteiger partial charge >= 0.3 is 14.2 Å². The van der Waals surface area contributed by atoms with Crippen molar-refractivity contribution in [3.8, 4) is 22.0 Å². The lowest BCUT2D eigenvalue weighted by molar-refractivity contribution is -0.0299. The fourth-order valence-electron chi connectivity index (χ4n) is 7.17. The third-order valence-corrected chi connectivity index (χ3v) is 12.2. The Hall–Kier alpha value is -3.79. The maximum Gasteiger partial charge on any atom is 0.496 e. The minimum absolute atomic E-state index is 0.402. The summed E-state index contributed by atoms with van der Waals surface area (Å²) in [7, 11) is -0.938. The maximum atomic E-state index is 6.74. The summed E-state index contributed by atoms with van der Waals surface area (Å²) in [5.41, 5.74) is 5.03. The zero-order valence-corrected chi connectivity index (χ0v) is 28.8. The topological polar surface area (TPSA) is 75.8 Å². The monoisotopic (exact) mass is 654 g/mol. The van der Waals surface area contributed by atoms with Crippen LogP contribution in [0.2, 0.25) is 0 Å². The molecule has 2 aliphatic heterocycles. The first-order valence-corrected chi connectivity index (χ1v) is 17.4. The van der Waals surface area contributed by atoms with Crippen LogP contribution in [0.5, 0.6) is 0 Å². The lowest BCUT2D eigenvalue weighted by atomic mass is 9.71. The van der Waals surface area contributed by atoms with Crippen molar-refractivity contribution in [3.05, 3.63) is 96.3 Å². The van der Waals surface area contributed by atoms with Crippen LogP contribution >= 0.6 is 11.3 Å². The molecule has 240 valence electrons. The molecule has 3 aliphatic rings. The molecule has 6 heterocycles. The first-order valence-electron chi connectivity index (χ1n) is 16.6.